The summed E-state index contributed by atoms with van der Waals surface area (Å²) in [6, 6.07) is 18.4. The van der Waals surface area contributed by atoms with Crippen molar-refractivity contribution in [1.29, 1.82) is 0 Å². The van der Waals surface area contributed by atoms with Gasteiger partial charge in [0.1, 0.15) is 5.82 Å². The molecule has 0 radical (unpaired) electrons. The fourth-order valence-corrected chi connectivity index (χ4v) is 3.78. The number of pyridine rings is 1. The number of aryl methyl sites for hydroxylation is 2. The minimum Gasteiger partial charge on any atom is -0.340 e. The van der Waals surface area contributed by atoms with E-state index in [9.17, 15) is 8.42 Å². The monoisotopic (exact) mass is 381 g/mol. The maximum Gasteiger partial charge on any atom is 0.261 e. The molecule has 0 saturated heterocycles. The zero-order valence-corrected chi connectivity index (χ0v) is 16.3. The van der Waals surface area contributed by atoms with Crippen molar-refractivity contribution < 1.29 is 8.42 Å². The van der Waals surface area contributed by atoms with Gasteiger partial charge in [0, 0.05) is 5.69 Å². The number of benzene rings is 2. The van der Waals surface area contributed by atoms with E-state index in [1.807, 2.05) is 37.3 Å². The Labute approximate surface area is 160 Å². The Morgan fingerprint density at radius 3 is 2.26 bits per heavy atom. The molecule has 5 nitrogen and oxygen atoms in total. The van der Waals surface area contributed by atoms with Crippen LogP contribution in [0.15, 0.2) is 71.8 Å². The SMILES string of the molecule is CCc1ccc(S(=O)(=O)Nc2ccc(Nc3ccccc3CC)nc2)cc1. The van der Waals surface area contributed by atoms with E-state index in [0.29, 0.717) is 11.5 Å². The van der Waals surface area contributed by atoms with Gasteiger partial charge in [0.25, 0.3) is 10.0 Å². The number of hydrogen-bond acceptors (Lipinski definition) is 4. The summed E-state index contributed by atoms with van der Waals surface area (Å²) in [5.41, 5.74) is 3.71. The first-order valence-corrected chi connectivity index (χ1v) is 10.4. The predicted octanol–water partition coefficient (Wildman–Crippen LogP) is 4.75. The van der Waals surface area contributed by atoms with Gasteiger partial charge in [0.2, 0.25) is 0 Å². The van der Waals surface area contributed by atoms with Crippen LogP contribution in [0.2, 0.25) is 0 Å². The first-order chi connectivity index (χ1) is 13.0. The van der Waals surface area contributed by atoms with Crippen molar-refractivity contribution in [2.45, 2.75) is 31.6 Å². The van der Waals surface area contributed by atoms with Crippen LogP contribution in [0.5, 0.6) is 0 Å². The highest BCUT2D eigenvalue weighted by atomic mass is 32.2. The Morgan fingerprint density at radius 2 is 1.63 bits per heavy atom. The summed E-state index contributed by atoms with van der Waals surface area (Å²) in [6.45, 7) is 4.13. The minimum atomic E-state index is -3.63. The van der Waals surface area contributed by atoms with Gasteiger partial charge in [-0.15, -0.1) is 0 Å². The molecule has 3 aromatic rings. The largest absolute Gasteiger partial charge is 0.340 e. The normalized spacial score (nSPS) is 11.2. The zero-order valence-electron chi connectivity index (χ0n) is 15.4. The lowest BCUT2D eigenvalue weighted by Crippen LogP contribution is -2.13. The lowest BCUT2D eigenvalue weighted by atomic mass is 10.1. The summed E-state index contributed by atoms with van der Waals surface area (Å²) in [4.78, 5) is 4.55. The summed E-state index contributed by atoms with van der Waals surface area (Å²) >= 11 is 0. The van der Waals surface area contributed by atoms with Crippen LogP contribution in [-0.2, 0) is 22.9 Å². The van der Waals surface area contributed by atoms with Crippen molar-refractivity contribution in [3.8, 4) is 0 Å². The van der Waals surface area contributed by atoms with Crippen LogP contribution in [0.3, 0.4) is 0 Å². The third kappa shape index (κ3) is 4.65. The van der Waals surface area contributed by atoms with Crippen molar-refractivity contribution in [2.24, 2.45) is 0 Å². The summed E-state index contributed by atoms with van der Waals surface area (Å²) in [7, 11) is -3.63. The number of nitrogens with one attached hydrogen (secondary N) is 2. The molecule has 6 heteroatoms. The number of anilines is 3. The highest BCUT2D eigenvalue weighted by Crippen LogP contribution is 2.22. The van der Waals surface area contributed by atoms with Crippen LogP contribution in [-0.4, -0.2) is 13.4 Å². The van der Waals surface area contributed by atoms with Gasteiger partial charge in [-0.05, 0) is 54.3 Å². The van der Waals surface area contributed by atoms with Crippen LogP contribution in [0.4, 0.5) is 17.2 Å². The van der Waals surface area contributed by atoms with Crippen LogP contribution in [0.25, 0.3) is 0 Å². The van der Waals surface area contributed by atoms with Crippen LogP contribution < -0.4 is 10.0 Å². The lowest BCUT2D eigenvalue weighted by molar-refractivity contribution is 0.601. The van der Waals surface area contributed by atoms with Crippen molar-refractivity contribution >= 4 is 27.2 Å². The van der Waals surface area contributed by atoms with Crippen LogP contribution in [0.1, 0.15) is 25.0 Å². The van der Waals surface area contributed by atoms with E-state index in [-0.39, 0.29) is 4.90 Å². The summed E-state index contributed by atoms with van der Waals surface area (Å²) in [6.07, 6.45) is 3.29. The van der Waals surface area contributed by atoms with Crippen molar-refractivity contribution in [3.63, 3.8) is 0 Å². The quantitative estimate of drug-likeness (QED) is 0.619. The van der Waals surface area contributed by atoms with E-state index in [1.165, 1.54) is 11.8 Å². The molecule has 0 aliphatic carbocycles. The molecule has 1 aromatic heterocycles. The molecule has 3 rings (SSSR count). The average molecular weight is 382 g/mol. The predicted molar refractivity (Wildman–Crippen MR) is 110 cm³/mol. The van der Waals surface area contributed by atoms with Gasteiger partial charge in [-0.25, -0.2) is 13.4 Å². The number of sulfonamides is 1. The van der Waals surface area contributed by atoms with E-state index in [1.54, 1.807) is 24.3 Å². The minimum absolute atomic E-state index is 0.235. The van der Waals surface area contributed by atoms with Gasteiger partial charge >= 0.3 is 0 Å². The Kier molecular flexibility index (Phi) is 5.76. The molecule has 0 spiro atoms. The number of rotatable bonds is 7. The molecule has 0 aliphatic heterocycles. The molecule has 0 aliphatic rings. The molecule has 0 saturated carbocycles. The fourth-order valence-electron chi connectivity index (χ4n) is 2.74. The van der Waals surface area contributed by atoms with Crippen molar-refractivity contribution in [2.75, 3.05) is 10.0 Å². The Morgan fingerprint density at radius 1 is 0.889 bits per heavy atom. The molecule has 27 heavy (non-hydrogen) atoms. The Hall–Kier alpha value is -2.86. The smallest absolute Gasteiger partial charge is 0.261 e. The maximum absolute atomic E-state index is 12.5. The molecule has 140 valence electrons. The second-order valence-electron chi connectivity index (χ2n) is 6.17. The lowest BCUT2D eigenvalue weighted by Gasteiger charge is -2.11. The summed E-state index contributed by atoms with van der Waals surface area (Å²) in [5, 5.41) is 3.27. The zero-order chi connectivity index (χ0) is 19.3. The van der Waals surface area contributed by atoms with Crippen LogP contribution >= 0.6 is 0 Å². The number of hydrogen-bond donors (Lipinski definition) is 2. The molecule has 0 unspecified atom stereocenters. The molecule has 0 fully saturated rings. The summed E-state index contributed by atoms with van der Waals surface area (Å²) in [5.74, 6) is 0.658. The second-order valence-corrected chi connectivity index (χ2v) is 7.85. The van der Waals surface area contributed by atoms with Crippen LogP contribution in [0, 0.1) is 0 Å². The number of para-hydroxylation sites is 1. The molecule has 2 N–H and O–H groups in total. The second kappa shape index (κ2) is 8.22. The highest BCUT2D eigenvalue weighted by molar-refractivity contribution is 7.92. The van der Waals surface area contributed by atoms with Gasteiger partial charge in [0.05, 0.1) is 16.8 Å². The molecule has 1 heterocycles. The van der Waals surface area contributed by atoms with Crippen molar-refractivity contribution in [3.05, 3.63) is 78.0 Å². The average Bonchev–Trinajstić information content (AvgIpc) is 2.70. The number of nitrogens with zero attached hydrogens (tertiary/aromatic N) is 1. The third-order valence-corrected chi connectivity index (χ3v) is 5.72. The van der Waals surface area contributed by atoms with Crippen molar-refractivity contribution in [1.82, 2.24) is 4.98 Å². The molecular weight excluding hydrogens is 358 g/mol. The van der Waals surface area contributed by atoms with E-state index in [4.69, 9.17) is 0 Å². The third-order valence-electron chi connectivity index (χ3n) is 4.32. The fraction of sp³-hybridized carbons (Fsp3) is 0.190. The number of aromatic nitrogens is 1. The Bertz CT molecular complexity index is 998. The molecule has 0 bridgehead atoms. The standard InChI is InChI=1S/C21H23N3O2S/c1-3-16-9-12-19(13-10-16)27(25,26)24-18-11-14-21(22-15-18)23-20-8-6-5-7-17(20)4-2/h5-15,24H,3-4H2,1-2H3,(H,22,23). The van der Waals surface area contributed by atoms with E-state index in [2.05, 4.69) is 28.0 Å². The molecule has 0 atom stereocenters. The maximum atomic E-state index is 12.5. The van der Waals surface area contributed by atoms with Gasteiger partial charge in [-0.2, -0.15) is 0 Å². The van der Waals surface area contributed by atoms with E-state index >= 15 is 0 Å². The van der Waals surface area contributed by atoms with Gasteiger partial charge < -0.3 is 5.32 Å². The first-order valence-electron chi connectivity index (χ1n) is 8.94. The van der Waals surface area contributed by atoms with Gasteiger partial charge in [-0.1, -0.05) is 44.2 Å². The molecule has 2 aromatic carbocycles. The topological polar surface area (TPSA) is 71.1 Å². The van der Waals surface area contributed by atoms with E-state index < -0.39 is 10.0 Å². The van der Waals surface area contributed by atoms with Gasteiger partial charge in [-0.3, -0.25) is 4.72 Å². The first kappa shape index (κ1) is 18.9. The summed E-state index contributed by atoms with van der Waals surface area (Å²) < 4.78 is 27.6. The molecular formula is C21H23N3O2S. The Balaban J connectivity index is 1.73. The van der Waals surface area contributed by atoms with E-state index in [0.717, 1.165) is 24.1 Å². The highest BCUT2D eigenvalue weighted by Gasteiger charge is 2.14. The molecule has 0 amide bonds. The van der Waals surface area contributed by atoms with Gasteiger partial charge in [0.15, 0.2) is 0 Å².